The van der Waals surface area contributed by atoms with E-state index in [-0.39, 0.29) is 5.91 Å². The van der Waals surface area contributed by atoms with E-state index < -0.39 is 18.5 Å². The van der Waals surface area contributed by atoms with Gasteiger partial charge in [0.2, 0.25) is 5.91 Å². The zero-order chi connectivity index (χ0) is 19.2. The van der Waals surface area contributed by atoms with Crippen LogP contribution >= 0.6 is 11.6 Å². The van der Waals surface area contributed by atoms with Gasteiger partial charge in [-0.2, -0.15) is 0 Å². The molecule has 0 spiro atoms. The van der Waals surface area contributed by atoms with Gasteiger partial charge in [0.05, 0.1) is 5.57 Å². The first-order valence-electron chi connectivity index (χ1n) is 8.57. The van der Waals surface area contributed by atoms with Crippen LogP contribution in [-0.4, -0.2) is 35.8 Å². The minimum atomic E-state index is -0.638. The Balaban J connectivity index is 1.78. The molecule has 1 heterocycles. The number of rotatable bonds is 5. The fourth-order valence-electron chi connectivity index (χ4n) is 2.80. The molecular weight excluding hydrogens is 366 g/mol. The van der Waals surface area contributed by atoms with Crippen LogP contribution in [-0.2, 0) is 19.1 Å². The predicted molar refractivity (Wildman–Crippen MR) is 103 cm³/mol. The molecule has 0 N–H and O–H groups in total. The van der Waals surface area contributed by atoms with Crippen molar-refractivity contribution in [3.63, 3.8) is 0 Å². The van der Waals surface area contributed by atoms with Gasteiger partial charge < -0.3 is 4.74 Å². The van der Waals surface area contributed by atoms with Gasteiger partial charge in [0, 0.05) is 18.0 Å². The molecule has 0 atom stereocenters. The number of ether oxygens (including phenoxy) is 1. The minimum absolute atomic E-state index is 0.228. The summed E-state index contributed by atoms with van der Waals surface area (Å²) in [5.74, 6) is -1.36. The van der Waals surface area contributed by atoms with Crippen molar-refractivity contribution >= 4 is 41.0 Å². The summed E-state index contributed by atoms with van der Waals surface area (Å²) >= 11 is 5.93. The lowest BCUT2D eigenvalue weighted by Gasteiger charge is -2.14. The molecule has 1 saturated heterocycles. The van der Waals surface area contributed by atoms with Crippen LogP contribution in [0.3, 0.4) is 0 Å². The highest BCUT2D eigenvalue weighted by atomic mass is 35.5. The van der Waals surface area contributed by atoms with Crippen LogP contribution in [0.25, 0.3) is 11.6 Å². The lowest BCUT2D eigenvalue weighted by atomic mass is 10.0. The maximum Gasteiger partial charge on any atom is 0.339 e. The van der Waals surface area contributed by atoms with E-state index in [4.69, 9.17) is 16.3 Å². The second-order valence-electron chi connectivity index (χ2n) is 6.09. The van der Waals surface area contributed by atoms with E-state index >= 15 is 0 Å². The van der Waals surface area contributed by atoms with E-state index in [1.54, 1.807) is 30.3 Å². The van der Waals surface area contributed by atoms with Crippen molar-refractivity contribution < 1.29 is 19.1 Å². The van der Waals surface area contributed by atoms with Crippen molar-refractivity contribution in [3.8, 4) is 0 Å². The van der Waals surface area contributed by atoms with Crippen molar-refractivity contribution in [2.24, 2.45) is 0 Å². The molecule has 0 radical (unpaired) electrons. The fraction of sp³-hybridized carbons (Fsp3) is 0.190. The molecule has 5 nitrogen and oxygen atoms in total. The highest BCUT2D eigenvalue weighted by molar-refractivity contribution is 6.30. The number of benzene rings is 2. The zero-order valence-corrected chi connectivity index (χ0v) is 15.3. The maximum absolute atomic E-state index is 12.7. The molecule has 1 aliphatic heterocycles. The number of hydrogen-bond donors (Lipinski definition) is 0. The Kier molecular flexibility index (Phi) is 6.04. The molecule has 0 saturated carbocycles. The molecule has 27 heavy (non-hydrogen) atoms. The first-order valence-corrected chi connectivity index (χ1v) is 8.95. The van der Waals surface area contributed by atoms with Gasteiger partial charge in [0.15, 0.2) is 6.61 Å². The summed E-state index contributed by atoms with van der Waals surface area (Å²) in [6.45, 7) is -0.0938. The summed E-state index contributed by atoms with van der Waals surface area (Å²) in [7, 11) is 0. The fourth-order valence-corrected chi connectivity index (χ4v) is 2.93. The summed E-state index contributed by atoms with van der Waals surface area (Å²) in [5.41, 5.74) is 1.75. The minimum Gasteiger partial charge on any atom is -0.452 e. The summed E-state index contributed by atoms with van der Waals surface area (Å²) in [5, 5.41) is 0.550. The molecule has 0 unspecified atom stereocenters. The molecule has 6 heteroatoms. The smallest absolute Gasteiger partial charge is 0.339 e. The number of carbonyl (C=O) groups excluding carboxylic acids is 3. The lowest BCUT2D eigenvalue weighted by molar-refractivity contribution is -0.151. The quantitative estimate of drug-likeness (QED) is 0.450. The number of nitrogens with zero attached hydrogens (tertiary/aromatic N) is 1. The van der Waals surface area contributed by atoms with Crippen LogP contribution in [0.4, 0.5) is 0 Å². The standard InChI is InChI=1S/C21H18ClNO4/c22-17-10-8-16(9-11-17)18(13-15-5-2-1-3-6-15)21(26)27-14-20(25)23-12-4-7-19(23)24/h1-3,5-6,8-11,13H,4,7,12,14H2/b18-13+. The third-order valence-electron chi connectivity index (χ3n) is 4.19. The Morgan fingerprint density at radius 1 is 1.07 bits per heavy atom. The van der Waals surface area contributed by atoms with Crippen LogP contribution < -0.4 is 0 Å². The molecule has 1 aliphatic rings. The molecular formula is C21H18ClNO4. The third-order valence-corrected chi connectivity index (χ3v) is 4.44. The van der Waals surface area contributed by atoms with Crippen molar-refractivity contribution in [1.82, 2.24) is 4.90 Å². The van der Waals surface area contributed by atoms with Gasteiger partial charge in [-0.05, 0) is 35.8 Å². The molecule has 2 amide bonds. The largest absolute Gasteiger partial charge is 0.452 e. The summed E-state index contributed by atoms with van der Waals surface area (Å²) in [6.07, 6.45) is 2.68. The van der Waals surface area contributed by atoms with Crippen LogP contribution in [0.1, 0.15) is 24.0 Å². The SMILES string of the molecule is O=C(OCC(=O)N1CCCC1=O)/C(=C/c1ccccc1)c1ccc(Cl)cc1. The Labute approximate surface area is 162 Å². The first kappa shape index (κ1) is 18.9. The Hall–Kier alpha value is -2.92. The molecule has 0 bridgehead atoms. The zero-order valence-electron chi connectivity index (χ0n) is 14.6. The number of hydrogen-bond acceptors (Lipinski definition) is 4. The van der Waals surface area contributed by atoms with Gasteiger partial charge in [-0.25, -0.2) is 4.79 Å². The average Bonchev–Trinajstić information content (AvgIpc) is 3.11. The topological polar surface area (TPSA) is 63.7 Å². The Bertz CT molecular complexity index is 875. The van der Waals surface area contributed by atoms with E-state index in [0.29, 0.717) is 35.5 Å². The normalized spacial score (nSPS) is 14.3. The van der Waals surface area contributed by atoms with Crippen molar-refractivity contribution in [1.29, 1.82) is 0 Å². The molecule has 0 aliphatic carbocycles. The van der Waals surface area contributed by atoms with Gasteiger partial charge in [-0.3, -0.25) is 14.5 Å². The molecule has 2 aromatic carbocycles. The van der Waals surface area contributed by atoms with Crippen LogP contribution in [0.2, 0.25) is 5.02 Å². The van der Waals surface area contributed by atoms with Crippen LogP contribution in [0.15, 0.2) is 54.6 Å². The number of carbonyl (C=O) groups is 3. The predicted octanol–water partition coefficient (Wildman–Crippen LogP) is 3.57. The Morgan fingerprint density at radius 3 is 2.41 bits per heavy atom. The van der Waals surface area contributed by atoms with E-state index in [0.717, 1.165) is 10.5 Å². The third kappa shape index (κ3) is 4.83. The Morgan fingerprint density at radius 2 is 1.78 bits per heavy atom. The van der Waals surface area contributed by atoms with E-state index in [1.807, 2.05) is 30.3 Å². The summed E-state index contributed by atoms with van der Waals surface area (Å²) in [6, 6.07) is 16.1. The van der Waals surface area contributed by atoms with Crippen LogP contribution in [0, 0.1) is 0 Å². The monoisotopic (exact) mass is 383 g/mol. The maximum atomic E-state index is 12.7. The second-order valence-corrected chi connectivity index (χ2v) is 6.53. The number of imide groups is 1. The first-order chi connectivity index (χ1) is 13.0. The number of esters is 1. The second kappa shape index (κ2) is 8.64. The summed E-state index contributed by atoms with van der Waals surface area (Å²) in [4.78, 5) is 37.5. The lowest BCUT2D eigenvalue weighted by Crippen LogP contribution is -2.35. The van der Waals surface area contributed by atoms with Crippen molar-refractivity contribution in [2.75, 3.05) is 13.2 Å². The van der Waals surface area contributed by atoms with Gasteiger partial charge in [0.1, 0.15) is 0 Å². The van der Waals surface area contributed by atoms with Crippen molar-refractivity contribution in [2.45, 2.75) is 12.8 Å². The van der Waals surface area contributed by atoms with Crippen molar-refractivity contribution in [3.05, 3.63) is 70.7 Å². The summed E-state index contributed by atoms with van der Waals surface area (Å²) < 4.78 is 5.20. The number of halogens is 1. The highest BCUT2D eigenvalue weighted by Gasteiger charge is 2.27. The molecule has 1 fully saturated rings. The number of amides is 2. The van der Waals surface area contributed by atoms with E-state index in [9.17, 15) is 14.4 Å². The van der Waals surface area contributed by atoms with Gasteiger partial charge in [-0.1, -0.05) is 54.1 Å². The van der Waals surface area contributed by atoms with Gasteiger partial charge in [-0.15, -0.1) is 0 Å². The molecule has 0 aromatic heterocycles. The van der Waals surface area contributed by atoms with Crippen LogP contribution in [0.5, 0.6) is 0 Å². The highest BCUT2D eigenvalue weighted by Crippen LogP contribution is 2.22. The molecule has 138 valence electrons. The van der Waals surface area contributed by atoms with E-state index in [1.165, 1.54) is 0 Å². The number of likely N-dealkylation sites (tertiary alicyclic amines) is 1. The van der Waals surface area contributed by atoms with E-state index in [2.05, 4.69) is 0 Å². The van der Waals surface area contributed by atoms with Gasteiger partial charge in [0.25, 0.3) is 5.91 Å². The molecule has 3 rings (SSSR count). The average molecular weight is 384 g/mol. The van der Waals surface area contributed by atoms with Gasteiger partial charge >= 0.3 is 5.97 Å². The molecule has 2 aromatic rings.